The Balaban J connectivity index is 1.63. The molecule has 3 rings (SSSR count). The molecule has 124 valence electrons. The van der Waals surface area contributed by atoms with Crippen molar-refractivity contribution in [1.82, 2.24) is 14.8 Å². The normalized spacial score (nSPS) is 10.6. The Morgan fingerprint density at radius 2 is 2.00 bits per heavy atom. The maximum absolute atomic E-state index is 8.73. The molecule has 0 radical (unpaired) electrons. The smallest absolute Gasteiger partial charge is 0.213 e. The summed E-state index contributed by atoms with van der Waals surface area (Å²) in [5.41, 5.74) is 4.05. The summed E-state index contributed by atoms with van der Waals surface area (Å²) >= 11 is 0. The van der Waals surface area contributed by atoms with Gasteiger partial charge in [-0.3, -0.25) is 0 Å². The molecule has 0 unspecified atom stereocenters. The van der Waals surface area contributed by atoms with Crippen molar-refractivity contribution < 1.29 is 9.84 Å². The van der Waals surface area contributed by atoms with Crippen LogP contribution in [-0.4, -0.2) is 33.1 Å². The molecule has 1 aromatic carbocycles. The number of aliphatic hydroxyl groups is 1. The third-order valence-electron chi connectivity index (χ3n) is 3.58. The average molecular weight is 324 g/mol. The molecule has 0 bridgehead atoms. The van der Waals surface area contributed by atoms with Crippen LogP contribution in [0.5, 0.6) is 5.88 Å². The summed E-state index contributed by atoms with van der Waals surface area (Å²) < 4.78 is 7.13. The zero-order valence-electron chi connectivity index (χ0n) is 13.5. The van der Waals surface area contributed by atoms with Crippen molar-refractivity contribution >= 4 is 5.69 Å². The van der Waals surface area contributed by atoms with E-state index in [0.29, 0.717) is 12.4 Å². The highest BCUT2D eigenvalue weighted by molar-refractivity contribution is 5.43. The van der Waals surface area contributed by atoms with Crippen LogP contribution in [0, 0.1) is 6.92 Å². The molecule has 0 fully saturated rings. The van der Waals surface area contributed by atoms with Gasteiger partial charge in [0.15, 0.2) is 0 Å². The fourth-order valence-electron chi connectivity index (χ4n) is 2.30. The van der Waals surface area contributed by atoms with Crippen molar-refractivity contribution in [2.45, 2.75) is 13.5 Å². The van der Waals surface area contributed by atoms with Crippen LogP contribution in [0.3, 0.4) is 0 Å². The second-order valence-corrected chi connectivity index (χ2v) is 5.33. The van der Waals surface area contributed by atoms with Crippen LogP contribution in [0.1, 0.15) is 11.3 Å². The van der Waals surface area contributed by atoms with Crippen LogP contribution in [0.15, 0.2) is 54.9 Å². The van der Waals surface area contributed by atoms with Gasteiger partial charge in [-0.25, -0.2) is 9.67 Å². The van der Waals surface area contributed by atoms with Crippen LogP contribution in [0.4, 0.5) is 5.69 Å². The molecule has 0 aliphatic rings. The van der Waals surface area contributed by atoms with Gasteiger partial charge in [0.1, 0.15) is 6.61 Å². The minimum absolute atomic E-state index is 0.0215. The Morgan fingerprint density at radius 1 is 1.17 bits per heavy atom. The first-order valence-electron chi connectivity index (χ1n) is 7.80. The van der Waals surface area contributed by atoms with E-state index in [1.807, 2.05) is 54.2 Å². The number of hydrogen-bond donors (Lipinski definition) is 2. The highest BCUT2D eigenvalue weighted by Crippen LogP contribution is 2.15. The molecule has 0 aliphatic carbocycles. The van der Waals surface area contributed by atoms with Gasteiger partial charge in [0.25, 0.3) is 0 Å². The number of benzene rings is 1. The first-order valence-corrected chi connectivity index (χ1v) is 7.80. The lowest BCUT2D eigenvalue weighted by Gasteiger charge is -2.07. The number of rotatable bonds is 7. The van der Waals surface area contributed by atoms with Crippen molar-refractivity contribution in [1.29, 1.82) is 0 Å². The van der Waals surface area contributed by atoms with E-state index in [1.54, 1.807) is 12.3 Å². The average Bonchev–Trinajstić information content (AvgIpc) is 3.01. The molecule has 3 aromatic rings. The highest BCUT2D eigenvalue weighted by atomic mass is 16.5. The standard InChI is InChI=1S/C18H20N4O2/c1-14-15(13-22(21-14)17-5-3-2-4-6-17)11-19-16-7-8-18(20-12-16)24-10-9-23/h2-8,12-13,19,23H,9-11H2,1H3. The summed E-state index contributed by atoms with van der Waals surface area (Å²) in [7, 11) is 0. The Kier molecular flexibility index (Phi) is 5.08. The molecule has 6 nitrogen and oxygen atoms in total. The van der Waals surface area contributed by atoms with E-state index in [9.17, 15) is 0 Å². The van der Waals surface area contributed by atoms with Crippen molar-refractivity contribution in [3.63, 3.8) is 0 Å². The molecular formula is C18H20N4O2. The number of hydrogen-bond acceptors (Lipinski definition) is 5. The molecule has 0 saturated carbocycles. The molecule has 6 heteroatoms. The summed E-state index contributed by atoms with van der Waals surface area (Å²) in [6.45, 7) is 2.89. The van der Waals surface area contributed by atoms with Gasteiger partial charge in [-0.15, -0.1) is 0 Å². The Labute approximate surface area is 140 Å². The lowest BCUT2D eigenvalue weighted by molar-refractivity contribution is 0.196. The van der Waals surface area contributed by atoms with Crippen LogP contribution in [0.25, 0.3) is 5.69 Å². The van der Waals surface area contributed by atoms with E-state index in [-0.39, 0.29) is 13.2 Å². The second kappa shape index (κ2) is 7.61. The summed E-state index contributed by atoms with van der Waals surface area (Å²) in [4.78, 5) is 4.19. The lowest BCUT2D eigenvalue weighted by atomic mass is 10.2. The topological polar surface area (TPSA) is 72.2 Å². The molecule has 0 saturated heterocycles. The summed E-state index contributed by atoms with van der Waals surface area (Å²) in [6, 6.07) is 13.7. The number of aryl methyl sites for hydroxylation is 1. The van der Waals surface area contributed by atoms with E-state index in [2.05, 4.69) is 15.4 Å². The summed E-state index contributed by atoms with van der Waals surface area (Å²) in [5, 5.41) is 16.6. The molecule has 0 amide bonds. The van der Waals surface area contributed by atoms with Gasteiger partial charge in [0, 0.05) is 24.4 Å². The highest BCUT2D eigenvalue weighted by Gasteiger charge is 2.06. The van der Waals surface area contributed by atoms with Crippen molar-refractivity contribution in [2.75, 3.05) is 18.5 Å². The Bertz CT molecular complexity index is 769. The molecule has 0 aliphatic heterocycles. The van der Waals surface area contributed by atoms with E-state index >= 15 is 0 Å². The largest absolute Gasteiger partial charge is 0.475 e. The molecule has 0 atom stereocenters. The fraction of sp³-hybridized carbons (Fsp3) is 0.222. The Morgan fingerprint density at radius 3 is 2.71 bits per heavy atom. The van der Waals surface area contributed by atoms with Gasteiger partial charge in [-0.2, -0.15) is 5.10 Å². The lowest BCUT2D eigenvalue weighted by Crippen LogP contribution is -2.04. The first-order chi connectivity index (χ1) is 11.8. The van der Waals surface area contributed by atoms with Gasteiger partial charge in [-0.1, -0.05) is 18.2 Å². The molecule has 0 spiro atoms. The Hall–Kier alpha value is -2.86. The van der Waals surface area contributed by atoms with Crippen molar-refractivity contribution in [3.8, 4) is 11.6 Å². The molecular weight excluding hydrogens is 304 g/mol. The number of ether oxygens (including phenoxy) is 1. The minimum atomic E-state index is -0.0215. The van der Waals surface area contributed by atoms with Crippen LogP contribution < -0.4 is 10.1 Å². The third kappa shape index (κ3) is 3.91. The molecule has 2 N–H and O–H groups in total. The second-order valence-electron chi connectivity index (χ2n) is 5.33. The maximum atomic E-state index is 8.73. The number of aromatic nitrogens is 3. The quantitative estimate of drug-likeness (QED) is 0.699. The van der Waals surface area contributed by atoms with Gasteiger partial charge in [0.05, 0.1) is 29.9 Å². The van der Waals surface area contributed by atoms with Crippen LogP contribution in [-0.2, 0) is 6.54 Å². The predicted octanol–water partition coefficient (Wildman–Crippen LogP) is 2.56. The molecule has 2 aromatic heterocycles. The number of pyridine rings is 1. The fourth-order valence-corrected chi connectivity index (χ4v) is 2.30. The van der Waals surface area contributed by atoms with E-state index < -0.39 is 0 Å². The number of nitrogens with zero attached hydrogens (tertiary/aromatic N) is 3. The number of anilines is 1. The maximum Gasteiger partial charge on any atom is 0.213 e. The van der Waals surface area contributed by atoms with Gasteiger partial charge in [-0.05, 0) is 25.1 Å². The van der Waals surface area contributed by atoms with Crippen LogP contribution >= 0.6 is 0 Å². The first kappa shape index (κ1) is 16.0. The number of para-hydroxylation sites is 1. The predicted molar refractivity (Wildman–Crippen MR) is 92.4 cm³/mol. The van der Waals surface area contributed by atoms with Crippen molar-refractivity contribution in [2.24, 2.45) is 0 Å². The van der Waals surface area contributed by atoms with E-state index in [4.69, 9.17) is 9.84 Å². The number of aliphatic hydroxyl groups excluding tert-OH is 1. The van der Waals surface area contributed by atoms with Gasteiger partial charge < -0.3 is 15.2 Å². The minimum Gasteiger partial charge on any atom is -0.475 e. The van der Waals surface area contributed by atoms with Crippen LogP contribution in [0.2, 0.25) is 0 Å². The van der Waals surface area contributed by atoms with E-state index in [1.165, 1.54) is 0 Å². The summed E-state index contributed by atoms with van der Waals surface area (Å²) in [5.74, 6) is 0.502. The molecule has 24 heavy (non-hydrogen) atoms. The zero-order chi connectivity index (χ0) is 16.8. The van der Waals surface area contributed by atoms with Crippen molar-refractivity contribution in [3.05, 3.63) is 66.1 Å². The third-order valence-corrected chi connectivity index (χ3v) is 3.58. The SMILES string of the molecule is Cc1nn(-c2ccccc2)cc1CNc1ccc(OCCO)nc1. The monoisotopic (exact) mass is 324 g/mol. The van der Waals surface area contributed by atoms with Gasteiger partial charge >= 0.3 is 0 Å². The molecule has 2 heterocycles. The zero-order valence-corrected chi connectivity index (χ0v) is 13.5. The number of nitrogens with one attached hydrogen (secondary N) is 1. The van der Waals surface area contributed by atoms with Gasteiger partial charge in [0.2, 0.25) is 5.88 Å². The van der Waals surface area contributed by atoms with E-state index in [0.717, 1.165) is 22.6 Å². The summed E-state index contributed by atoms with van der Waals surface area (Å²) in [6.07, 6.45) is 3.74.